The summed E-state index contributed by atoms with van der Waals surface area (Å²) in [4.78, 5) is 0. The molecule has 0 heterocycles. The van der Waals surface area contributed by atoms with E-state index in [-0.39, 0.29) is 5.82 Å². The molecule has 1 fully saturated rings. The van der Waals surface area contributed by atoms with Crippen LogP contribution in [0.15, 0.2) is 18.2 Å². The van der Waals surface area contributed by atoms with Gasteiger partial charge >= 0.3 is 0 Å². The van der Waals surface area contributed by atoms with Crippen LogP contribution in [0.25, 0.3) is 0 Å². The van der Waals surface area contributed by atoms with E-state index >= 15 is 0 Å². The van der Waals surface area contributed by atoms with Crippen LogP contribution in [-0.2, 0) is 6.42 Å². The minimum absolute atomic E-state index is 0.129. The van der Waals surface area contributed by atoms with Crippen molar-refractivity contribution >= 4 is 0 Å². The van der Waals surface area contributed by atoms with Gasteiger partial charge in [0.1, 0.15) is 5.82 Å². The topological polar surface area (TPSA) is 12.0 Å². The second-order valence-electron chi connectivity index (χ2n) is 5.79. The Morgan fingerprint density at radius 1 is 1.47 bits per heavy atom. The molecular weight excluding hydrogens is 213 g/mol. The molecule has 0 aliphatic heterocycles. The van der Waals surface area contributed by atoms with Gasteiger partial charge in [-0.25, -0.2) is 4.39 Å². The third-order valence-corrected chi connectivity index (χ3v) is 4.17. The predicted molar refractivity (Wildman–Crippen MR) is 69.6 cm³/mol. The van der Waals surface area contributed by atoms with Crippen molar-refractivity contribution in [3.63, 3.8) is 0 Å². The Bertz CT molecular complexity index is 402. The van der Waals surface area contributed by atoms with Gasteiger partial charge in [0.2, 0.25) is 0 Å². The monoisotopic (exact) mass is 235 g/mol. The molecule has 1 aliphatic rings. The molecule has 2 unspecified atom stereocenters. The van der Waals surface area contributed by atoms with Gasteiger partial charge in [-0.3, -0.25) is 0 Å². The molecule has 1 aromatic carbocycles. The summed E-state index contributed by atoms with van der Waals surface area (Å²) in [7, 11) is 2.04. The smallest absolute Gasteiger partial charge is 0.123 e. The molecule has 1 nitrogen and oxygen atoms in total. The summed E-state index contributed by atoms with van der Waals surface area (Å²) < 4.78 is 13.1. The summed E-state index contributed by atoms with van der Waals surface area (Å²) in [6.45, 7) is 4.36. The average molecular weight is 235 g/mol. The highest BCUT2D eigenvalue weighted by molar-refractivity contribution is 5.27. The fourth-order valence-corrected chi connectivity index (χ4v) is 3.05. The molecule has 0 radical (unpaired) electrons. The molecule has 94 valence electrons. The van der Waals surface area contributed by atoms with E-state index in [0.717, 1.165) is 12.0 Å². The van der Waals surface area contributed by atoms with Crippen molar-refractivity contribution in [3.05, 3.63) is 35.1 Å². The Morgan fingerprint density at radius 2 is 2.24 bits per heavy atom. The molecule has 1 N–H and O–H groups in total. The van der Waals surface area contributed by atoms with E-state index in [0.29, 0.717) is 11.5 Å². The lowest BCUT2D eigenvalue weighted by atomic mass is 9.81. The lowest BCUT2D eigenvalue weighted by molar-refractivity contribution is 0.324. The van der Waals surface area contributed by atoms with Crippen molar-refractivity contribution in [1.29, 1.82) is 0 Å². The van der Waals surface area contributed by atoms with Gasteiger partial charge in [-0.05, 0) is 68.3 Å². The number of aryl methyl sites for hydroxylation is 1. The summed E-state index contributed by atoms with van der Waals surface area (Å²) in [5.74, 6) is -0.129. The Kier molecular flexibility index (Phi) is 3.53. The largest absolute Gasteiger partial charge is 0.317 e. The third-order valence-electron chi connectivity index (χ3n) is 4.17. The fraction of sp³-hybridized carbons (Fsp3) is 0.600. The van der Waals surface area contributed by atoms with Crippen LogP contribution in [0.1, 0.15) is 37.3 Å². The summed E-state index contributed by atoms with van der Waals surface area (Å²) in [6, 6.07) is 5.82. The summed E-state index contributed by atoms with van der Waals surface area (Å²) in [5.41, 5.74) is 2.75. The maximum Gasteiger partial charge on any atom is 0.123 e. The van der Waals surface area contributed by atoms with Gasteiger partial charge < -0.3 is 5.32 Å². The highest BCUT2D eigenvalue weighted by atomic mass is 19.1. The predicted octanol–water partition coefficient (Wildman–Crippen LogP) is 3.45. The first-order valence-electron chi connectivity index (χ1n) is 6.45. The molecular formula is C15H22FN. The van der Waals surface area contributed by atoms with Crippen LogP contribution in [0.5, 0.6) is 0 Å². The van der Waals surface area contributed by atoms with Gasteiger partial charge in [-0.1, -0.05) is 13.0 Å². The zero-order valence-corrected chi connectivity index (χ0v) is 11.0. The van der Waals surface area contributed by atoms with Crippen molar-refractivity contribution in [3.8, 4) is 0 Å². The average Bonchev–Trinajstić information content (AvgIpc) is 2.65. The normalized spacial score (nSPS) is 28.6. The minimum atomic E-state index is -0.129. The number of hydrogen-bond donors (Lipinski definition) is 1. The van der Waals surface area contributed by atoms with Crippen LogP contribution in [-0.4, -0.2) is 13.1 Å². The van der Waals surface area contributed by atoms with E-state index in [2.05, 4.69) is 12.2 Å². The van der Waals surface area contributed by atoms with Gasteiger partial charge in [0.05, 0.1) is 0 Å². The lowest BCUT2D eigenvalue weighted by Crippen LogP contribution is -2.24. The maximum atomic E-state index is 13.1. The molecule has 0 saturated heterocycles. The molecule has 17 heavy (non-hydrogen) atoms. The van der Waals surface area contributed by atoms with Crippen LogP contribution >= 0.6 is 0 Å². The number of benzene rings is 1. The zero-order chi connectivity index (χ0) is 12.5. The quantitative estimate of drug-likeness (QED) is 0.846. The molecule has 0 bridgehead atoms. The van der Waals surface area contributed by atoms with Gasteiger partial charge in [0.15, 0.2) is 0 Å². The SMILES string of the molecule is CNC1CCC(C)(Cc2ccc(F)cc2C)C1. The highest BCUT2D eigenvalue weighted by Gasteiger charge is 2.34. The summed E-state index contributed by atoms with van der Waals surface area (Å²) in [5, 5.41) is 3.37. The van der Waals surface area contributed by atoms with Crippen LogP contribution in [0.2, 0.25) is 0 Å². The third kappa shape index (κ3) is 2.86. The number of hydrogen-bond acceptors (Lipinski definition) is 1. The zero-order valence-electron chi connectivity index (χ0n) is 11.0. The Balaban J connectivity index is 2.10. The van der Waals surface area contributed by atoms with Crippen LogP contribution < -0.4 is 5.32 Å². The van der Waals surface area contributed by atoms with E-state index in [1.165, 1.54) is 24.8 Å². The van der Waals surface area contributed by atoms with Crippen molar-refractivity contribution < 1.29 is 4.39 Å². The van der Waals surface area contributed by atoms with Crippen molar-refractivity contribution in [2.24, 2.45) is 5.41 Å². The Morgan fingerprint density at radius 3 is 2.82 bits per heavy atom. The second kappa shape index (κ2) is 4.77. The molecule has 0 spiro atoms. The second-order valence-corrected chi connectivity index (χ2v) is 5.79. The number of nitrogens with one attached hydrogen (secondary N) is 1. The Hall–Kier alpha value is -0.890. The van der Waals surface area contributed by atoms with Gasteiger partial charge in [-0.2, -0.15) is 0 Å². The molecule has 0 aromatic heterocycles. The van der Waals surface area contributed by atoms with E-state index in [4.69, 9.17) is 0 Å². The first kappa shape index (κ1) is 12.6. The van der Waals surface area contributed by atoms with Crippen LogP contribution in [0.3, 0.4) is 0 Å². The molecule has 2 heteroatoms. The van der Waals surface area contributed by atoms with Gasteiger partial charge in [-0.15, -0.1) is 0 Å². The molecule has 1 saturated carbocycles. The molecule has 0 amide bonds. The van der Waals surface area contributed by atoms with Crippen molar-refractivity contribution in [2.75, 3.05) is 7.05 Å². The standard InChI is InChI=1S/C15H22FN/c1-11-8-13(16)5-4-12(11)9-15(2)7-6-14(10-15)17-3/h4-5,8,14,17H,6-7,9-10H2,1-3H3. The van der Waals surface area contributed by atoms with Crippen LogP contribution in [0.4, 0.5) is 4.39 Å². The maximum absolute atomic E-state index is 13.1. The highest BCUT2D eigenvalue weighted by Crippen LogP contribution is 2.40. The molecule has 1 aromatic rings. The van der Waals surface area contributed by atoms with E-state index in [1.54, 1.807) is 12.1 Å². The summed E-state index contributed by atoms with van der Waals surface area (Å²) in [6.07, 6.45) is 4.81. The van der Waals surface area contributed by atoms with Crippen molar-refractivity contribution in [1.82, 2.24) is 5.32 Å². The van der Waals surface area contributed by atoms with E-state index in [9.17, 15) is 4.39 Å². The fourth-order valence-electron chi connectivity index (χ4n) is 3.05. The first-order chi connectivity index (χ1) is 8.02. The lowest BCUT2D eigenvalue weighted by Gasteiger charge is -2.25. The first-order valence-corrected chi connectivity index (χ1v) is 6.45. The minimum Gasteiger partial charge on any atom is -0.317 e. The van der Waals surface area contributed by atoms with Gasteiger partial charge in [0, 0.05) is 6.04 Å². The van der Waals surface area contributed by atoms with Crippen molar-refractivity contribution in [2.45, 2.75) is 45.6 Å². The molecule has 1 aliphatic carbocycles. The summed E-state index contributed by atoms with van der Waals surface area (Å²) >= 11 is 0. The molecule has 2 atom stereocenters. The Labute approximate surface area is 103 Å². The van der Waals surface area contributed by atoms with E-state index < -0.39 is 0 Å². The van der Waals surface area contributed by atoms with Gasteiger partial charge in [0.25, 0.3) is 0 Å². The van der Waals surface area contributed by atoms with E-state index in [1.807, 2.05) is 20.0 Å². The van der Waals surface area contributed by atoms with Crippen LogP contribution in [0, 0.1) is 18.2 Å². The number of halogens is 1. The number of rotatable bonds is 3. The molecule has 2 rings (SSSR count).